The maximum absolute atomic E-state index is 12.7. The molecule has 8 heteroatoms. The van der Waals surface area contributed by atoms with Gasteiger partial charge in [0.25, 0.3) is 5.91 Å². The minimum atomic E-state index is -0.230. The third-order valence-electron chi connectivity index (χ3n) is 4.31. The molecule has 1 fully saturated rings. The van der Waals surface area contributed by atoms with Crippen molar-refractivity contribution >= 4 is 95.7 Å². The predicted molar refractivity (Wildman–Crippen MR) is 136 cm³/mol. The zero-order valence-corrected chi connectivity index (χ0v) is 21.1. The van der Waals surface area contributed by atoms with Gasteiger partial charge in [-0.3, -0.25) is 10.1 Å². The zero-order valence-electron chi connectivity index (χ0n) is 14.4. The summed E-state index contributed by atoms with van der Waals surface area (Å²) in [7, 11) is 0. The molecule has 1 saturated heterocycles. The molecular weight excluding hydrogens is 652 g/mol. The van der Waals surface area contributed by atoms with E-state index in [9.17, 15) is 4.79 Å². The van der Waals surface area contributed by atoms with E-state index in [-0.39, 0.29) is 5.91 Å². The van der Waals surface area contributed by atoms with Crippen molar-refractivity contribution in [2.45, 2.75) is 19.3 Å². The first-order valence-electron chi connectivity index (χ1n) is 8.56. The Labute approximate surface area is 200 Å². The maximum atomic E-state index is 12.7. The fraction of sp³-hybridized carbons (Fsp3) is 0.263. The van der Waals surface area contributed by atoms with Crippen LogP contribution in [-0.4, -0.2) is 24.1 Å². The number of anilines is 2. The molecule has 0 bridgehead atoms. The van der Waals surface area contributed by atoms with E-state index in [4.69, 9.17) is 12.2 Å². The Balaban J connectivity index is 1.72. The second-order valence-electron chi connectivity index (χ2n) is 6.22. The van der Waals surface area contributed by atoms with Gasteiger partial charge in [-0.15, -0.1) is 0 Å². The number of hydrogen-bond donors (Lipinski definition) is 2. The molecule has 1 heterocycles. The molecule has 3 rings (SSSR count). The van der Waals surface area contributed by atoms with Gasteiger partial charge in [0.1, 0.15) is 0 Å². The van der Waals surface area contributed by atoms with Crippen LogP contribution in [0, 0.1) is 7.14 Å². The SMILES string of the molecule is O=C(NC(=S)Nc1ccccc1N1CCCCC1)c1cc(I)cc(I)c1Br. The quantitative estimate of drug-likeness (QED) is 0.247. The van der Waals surface area contributed by atoms with E-state index in [2.05, 4.69) is 82.7 Å². The molecule has 2 aromatic carbocycles. The summed E-state index contributed by atoms with van der Waals surface area (Å²) in [6, 6.07) is 11.9. The number of para-hydroxylation sites is 2. The highest BCUT2D eigenvalue weighted by atomic mass is 127. The number of carbonyl (C=O) groups excluding carboxylic acids is 1. The number of nitrogens with one attached hydrogen (secondary N) is 2. The number of rotatable bonds is 3. The van der Waals surface area contributed by atoms with Gasteiger partial charge in [0.2, 0.25) is 0 Å². The van der Waals surface area contributed by atoms with Crippen molar-refractivity contribution in [1.29, 1.82) is 0 Å². The molecule has 0 atom stereocenters. The van der Waals surface area contributed by atoms with Crippen LogP contribution in [-0.2, 0) is 0 Å². The largest absolute Gasteiger partial charge is 0.370 e. The summed E-state index contributed by atoms with van der Waals surface area (Å²) >= 11 is 13.3. The van der Waals surface area contributed by atoms with Crippen LogP contribution in [0.1, 0.15) is 29.6 Å². The van der Waals surface area contributed by atoms with E-state index in [0.717, 1.165) is 36.1 Å². The van der Waals surface area contributed by atoms with Crippen LogP contribution in [0.4, 0.5) is 11.4 Å². The monoisotopic (exact) mass is 669 g/mol. The van der Waals surface area contributed by atoms with Crippen molar-refractivity contribution < 1.29 is 4.79 Å². The number of hydrogen-bond acceptors (Lipinski definition) is 3. The van der Waals surface area contributed by atoms with Gasteiger partial charge in [0.05, 0.1) is 16.9 Å². The van der Waals surface area contributed by atoms with Gasteiger partial charge in [-0.25, -0.2) is 0 Å². The second kappa shape index (κ2) is 9.84. The molecule has 0 unspecified atom stereocenters. The van der Waals surface area contributed by atoms with Gasteiger partial charge >= 0.3 is 0 Å². The summed E-state index contributed by atoms with van der Waals surface area (Å²) in [4.78, 5) is 15.0. The summed E-state index contributed by atoms with van der Waals surface area (Å²) in [6.45, 7) is 2.09. The van der Waals surface area contributed by atoms with Gasteiger partial charge < -0.3 is 10.2 Å². The standard InChI is InChI=1S/C19H18BrI2N3OS/c20-17-13(10-12(21)11-14(17)22)18(26)24-19(27)23-15-6-2-3-7-16(15)25-8-4-1-5-9-25/h2-3,6-7,10-11H,1,4-5,8-9H2,(H2,23,24,26,27). The highest BCUT2D eigenvalue weighted by Crippen LogP contribution is 2.29. The molecule has 2 aromatic rings. The second-order valence-corrected chi connectivity index (χ2v) is 9.83. The highest BCUT2D eigenvalue weighted by Gasteiger charge is 2.17. The predicted octanol–water partition coefficient (Wildman–Crippen LogP) is 5.78. The van der Waals surface area contributed by atoms with Crippen molar-refractivity contribution in [1.82, 2.24) is 5.32 Å². The highest BCUT2D eigenvalue weighted by molar-refractivity contribution is 14.1. The van der Waals surface area contributed by atoms with Crippen molar-refractivity contribution in [3.05, 3.63) is 53.6 Å². The van der Waals surface area contributed by atoms with Gasteiger partial charge in [-0.2, -0.15) is 0 Å². The summed E-state index contributed by atoms with van der Waals surface area (Å²) < 4.78 is 2.76. The molecule has 0 aliphatic carbocycles. The van der Waals surface area contributed by atoms with E-state index in [1.165, 1.54) is 19.3 Å². The molecule has 0 spiro atoms. The Morgan fingerprint density at radius 2 is 1.81 bits per heavy atom. The molecule has 142 valence electrons. The molecule has 0 saturated carbocycles. The fourth-order valence-corrected chi connectivity index (χ4v) is 5.49. The average molecular weight is 670 g/mol. The fourth-order valence-electron chi connectivity index (χ4n) is 3.04. The molecule has 1 amide bonds. The van der Waals surface area contributed by atoms with E-state index < -0.39 is 0 Å². The Hall–Kier alpha value is -0.460. The first-order chi connectivity index (χ1) is 13.0. The lowest BCUT2D eigenvalue weighted by molar-refractivity contribution is 0.0977. The Bertz CT molecular complexity index is 872. The van der Waals surface area contributed by atoms with E-state index in [1.54, 1.807) is 0 Å². The summed E-state index contributed by atoms with van der Waals surface area (Å²) in [5, 5.41) is 6.29. The lowest BCUT2D eigenvalue weighted by Crippen LogP contribution is -2.35. The minimum Gasteiger partial charge on any atom is -0.370 e. The number of piperidine rings is 1. The summed E-state index contributed by atoms with van der Waals surface area (Å²) in [6.07, 6.45) is 3.69. The molecular formula is C19H18BrI2N3OS. The van der Waals surface area contributed by atoms with Gasteiger partial charge in [-0.05, 0) is 117 Å². The van der Waals surface area contributed by atoms with Crippen LogP contribution in [0.2, 0.25) is 0 Å². The minimum absolute atomic E-state index is 0.230. The molecule has 1 aliphatic rings. The van der Waals surface area contributed by atoms with Gasteiger partial charge in [0, 0.05) is 24.7 Å². The maximum Gasteiger partial charge on any atom is 0.258 e. The van der Waals surface area contributed by atoms with Crippen LogP contribution in [0.3, 0.4) is 0 Å². The molecule has 4 nitrogen and oxygen atoms in total. The van der Waals surface area contributed by atoms with Gasteiger partial charge in [-0.1, -0.05) is 12.1 Å². The zero-order chi connectivity index (χ0) is 19.4. The summed E-state index contributed by atoms with van der Waals surface area (Å²) in [5.74, 6) is -0.230. The Kier molecular flexibility index (Phi) is 7.74. The lowest BCUT2D eigenvalue weighted by Gasteiger charge is -2.30. The molecule has 27 heavy (non-hydrogen) atoms. The number of nitrogens with zero attached hydrogens (tertiary/aromatic N) is 1. The number of halogens is 3. The van der Waals surface area contributed by atoms with Crippen molar-refractivity contribution in [2.75, 3.05) is 23.3 Å². The van der Waals surface area contributed by atoms with Crippen LogP contribution in [0.5, 0.6) is 0 Å². The van der Waals surface area contributed by atoms with E-state index in [0.29, 0.717) is 10.7 Å². The number of carbonyl (C=O) groups is 1. The van der Waals surface area contributed by atoms with Crippen LogP contribution in [0.15, 0.2) is 40.9 Å². The first kappa shape index (κ1) is 21.3. The average Bonchev–Trinajstić information content (AvgIpc) is 2.65. The lowest BCUT2D eigenvalue weighted by atomic mass is 10.1. The van der Waals surface area contributed by atoms with E-state index >= 15 is 0 Å². The smallest absolute Gasteiger partial charge is 0.258 e. The Morgan fingerprint density at radius 1 is 1.11 bits per heavy atom. The van der Waals surface area contributed by atoms with Crippen LogP contribution >= 0.6 is 73.3 Å². The van der Waals surface area contributed by atoms with Crippen molar-refractivity contribution in [3.63, 3.8) is 0 Å². The molecule has 0 aromatic heterocycles. The van der Waals surface area contributed by atoms with Crippen molar-refractivity contribution in [3.8, 4) is 0 Å². The van der Waals surface area contributed by atoms with Crippen LogP contribution in [0.25, 0.3) is 0 Å². The van der Waals surface area contributed by atoms with E-state index in [1.807, 2.05) is 30.3 Å². The number of benzene rings is 2. The first-order valence-corrected chi connectivity index (χ1v) is 11.9. The normalized spacial score (nSPS) is 14.0. The topological polar surface area (TPSA) is 44.4 Å². The third-order valence-corrected chi connectivity index (χ3v) is 7.59. The summed E-state index contributed by atoms with van der Waals surface area (Å²) in [5.41, 5.74) is 2.61. The van der Waals surface area contributed by atoms with Gasteiger partial charge in [0.15, 0.2) is 5.11 Å². The molecule has 1 aliphatic heterocycles. The molecule has 2 N–H and O–H groups in total. The van der Waals surface area contributed by atoms with Crippen molar-refractivity contribution in [2.24, 2.45) is 0 Å². The molecule has 0 radical (unpaired) electrons. The Morgan fingerprint density at radius 3 is 2.56 bits per heavy atom. The number of thiocarbonyl (C=S) groups is 1. The van der Waals surface area contributed by atoms with Crippen LogP contribution < -0.4 is 15.5 Å². The third kappa shape index (κ3) is 5.54. The number of amides is 1.